The van der Waals surface area contributed by atoms with Gasteiger partial charge in [0.2, 0.25) is 5.91 Å². The van der Waals surface area contributed by atoms with Crippen LogP contribution in [0.15, 0.2) is 47.4 Å². The molecule has 138 valence electrons. The van der Waals surface area contributed by atoms with Crippen LogP contribution < -0.4 is 5.32 Å². The molecule has 0 spiro atoms. The molecule has 0 aliphatic rings. The van der Waals surface area contributed by atoms with Crippen LogP contribution in [0.3, 0.4) is 0 Å². The molecule has 2 aromatic rings. The second kappa shape index (κ2) is 10.6. The van der Waals surface area contributed by atoms with Gasteiger partial charge in [-0.15, -0.1) is 11.8 Å². The molecule has 1 amide bonds. The Kier molecular flexibility index (Phi) is 8.49. The van der Waals surface area contributed by atoms with E-state index in [1.807, 2.05) is 0 Å². The molecule has 0 saturated carbocycles. The first-order valence-electron chi connectivity index (χ1n) is 8.50. The SMILES string of the molecule is CCCCCC(=O)Nc1ccc(C(=O)CSc2cc(Cl)ccc2Cl)cc1. The number of unbranched alkanes of at least 4 members (excludes halogenated alkanes) is 2. The van der Waals surface area contributed by atoms with Gasteiger partial charge in [0, 0.05) is 27.6 Å². The number of hydrogen-bond acceptors (Lipinski definition) is 3. The number of rotatable bonds is 9. The molecule has 6 heteroatoms. The highest BCUT2D eigenvalue weighted by Gasteiger charge is 2.10. The van der Waals surface area contributed by atoms with Crippen molar-refractivity contribution in [3.05, 3.63) is 58.1 Å². The van der Waals surface area contributed by atoms with E-state index in [9.17, 15) is 9.59 Å². The number of halogens is 2. The fraction of sp³-hybridized carbons (Fsp3) is 0.300. The van der Waals surface area contributed by atoms with Crippen molar-refractivity contribution in [1.29, 1.82) is 0 Å². The van der Waals surface area contributed by atoms with Gasteiger partial charge in [-0.05, 0) is 48.9 Å². The van der Waals surface area contributed by atoms with Crippen molar-refractivity contribution in [3.8, 4) is 0 Å². The minimum absolute atomic E-state index is 0.00341. The third-order valence-electron chi connectivity index (χ3n) is 3.75. The van der Waals surface area contributed by atoms with E-state index < -0.39 is 0 Å². The maximum atomic E-state index is 12.3. The normalized spacial score (nSPS) is 10.6. The molecule has 0 fully saturated rings. The molecule has 2 rings (SSSR count). The van der Waals surface area contributed by atoms with Gasteiger partial charge in [0.25, 0.3) is 0 Å². The minimum Gasteiger partial charge on any atom is -0.326 e. The molecule has 0 unspecified atom stereocenters. The number of thioether (sulfide) groups is 1. The first-order valence-corrected chi connectivity index (χ1v) is 10.2. The van der Waals surface area contributed by atoms with Crippen molar-refractivity contribution < 1.29 is 9.59 Å². The smallest absolute Gasteiger partial charge is 0.224 e. The summed E-state index contributed by atoms with van der Waals surface area (Å²) in [7, 11) is 0. The molecule has 0 saturated heterocycles. The Balaban J connectivity index is 1.88. The molecular formula is C20H21Cl2NO2S. The summed E-state index contributed by atoms with van der Waals surface area (Å²) in [6, 6.07) is 12.1. The number of benzene rings is 2. The maximum Gasteiger partial charge on any atom is 0.224 e. The molecule has 0 atom stereocenters. The lowest BCUT2D eigenvalue weighted by molar-refractivity contribution is -0.116. The molecule has 1 N–H and O–H groups in total. The van der Waals surface area contributed by atoms with E-state index in [0.29, 0.717) is 27.7 Å². The highest BCUT2D eigenvalue weighted by Crippen LogP contribution is 2.30. The van der Waals surface area contributed by atoms with Gasteiger partial charge < -0.3 is 5.32 Å². The Morgan fingerprint density at radius 3 is 2.46 bits per heavy atom. The number of nitrogens with one attached hydrogen (secondary N) is 1. The average Bonchev–Trinajstić information content (AvgIpc) is 2.63. The minimum atomic E-state index is -0.00753. The monoisotopic (exact) mass is 409 g/mol. The number of ketones is 1. The number of anilines is 1. The molecule has 0 aromatic heterocycles. The zero-order valence-electron chi connectivity index (χ0n) is 14.6. The Hall–Kier alpha value is -1.49. The van der Waals surface area contributed by atoms with Gasteiger partial charge in [-0.3, -0.25) is 9.59 Å². The number of amides is 1. The molecular weight excluding hydrogens is 389 g/mol. The average molecular weight is 410 g/mol. The first-order chi connectivity index (χ1) is 12.5. The van der Waals surface area contributed by atoms with Crippen LogP contribution in [-0.4, -0.2) is 17.4 Å². The van der Waals surface area contributed by atoms with E-state index in [2.05, 4.69) is 12.2 Å². The van der Waals surface area contributed by atoms with E-state index in [1.165, 1.54) is 11.8 Å². The van der Waals surface area contributed by atoms with E-state index in [4.69, 9.17) is 23.2 Å². The number of carbonyl (C=O) groups is 2. The lowest BCUT2D eigenvalue weighted by atomic mass is 10.1. The molecule has 0 heterocycles. The number of Topliss-reactive ketones (excluding diaryl/α,β-unsaturated/α-hetero) is 1. The van der Waals surface area contributed by atoms with Gasteiger partial charge >= 0.3 is 0 Å². The van der Waals surface area contributed by atoms with Crippen LogP contribution in [0.25, 0.3) is 0 Å². The maximum absolute atomic E-state index is 12.3. The second-order valence-corrected chi connectivity index (χ2v) is 7.73. The highest BCUT2D eigenvalue weighted by molar-refractivity contribution is 8.00. The Bertz CT molecular complexity index is 763. The summed E-state index contributed by atoms with van der Waals surface area (Å²) in [5.74, 6) is 0.263. The summed E-state index contributed by atoms with van der Waals surface area (Å²) in [6.45, 7) is 2.10. The molecule has 3 nitrogen and oxygen atoms in total. The predicted octanol–water partition coefficient (Wildman–Crippen LogP) is 6.49. The molecule has 0 aliphatic carbocycles. The largest absolute Gasteiger partial charge is 0.326 e. The van der Waals surface area contributed by atoms with E-state index >= 15 is 0 Å². The van der Waals surface area contributed by atoms with E-state index in [1.54, 1.807) is 42.5 Å². The van der Waals surface area contributed by atoms with Gasteiger partial charge in [0.1, 0.15) is 0 Å². The van der Waals surface area contributed by atoms with Crippen molar-refractivity contribution in [1.82, 2.24) is 0 Å². The number of carbonyl (C=O) groups excluding carboxylic acids is 2. The van der Waals surface area contributed by atoms with Gasteiger partial charge in [-0.25, -0.2) is 0 Å². The Labute approximate surface area is 168 Å². The lowest BCUT2D eigenvalue weighted by Crippen LogP contribution is -2.11. The summed E-state index contributed by atoms with van der Waals surface area (Å²) >= 11 is 13.4. The van der Waals surface area contributed by atoms with Gasteiger partial charge in [-0.1, -0.05) is 43.0 Å². The summed E-state index contributed by atoms with van der Waals surface area (Å²) in [6.07, 6.45) is 3.55. The Morgan fingerprint density at radius 1 is 1.04 bits per heavy atom. The topological polar surface area (TPSA) is 46.2 Å². The van der Waals surface area contributed by atoms with Gasteiger partial charge in [0.05, 0.1) is 10.8 Å². The van der Waals surface area contributed by atoms with E-state index in [0.717, 1.165) is 24.2 Å². The summed E-state index contributed by atoms with van der Waals surface area (Å²) in [4.78, 5) is 24.9. The van der Waals surface area contributed by atoms with Gasteiger partial charge in [-0.2, -0.15) is 0 Å². The first kappa shape index (κ1) is 20.8. The van der Waals surface area contributed by atoms with E-state index in [-0.39, 0.29) is 17.4 Å². The van der Waals surface area contributed by atoms with Crippen LogP contribution >= 0.6 is 35.0 Å². The van der Waals surface area contributed by atoms with Crippen molar-refractivity contribution in [3.63, 3.8) is 0 Å². The van der Waals surface area contributed by atoms with Crippen LogP contribution in [0.4, 0.5) is 5.69 Å². The molecule has 0 aliphatic heterocycles. The van der Waals surface area contributed by atoms with Gasteiger partial charge in [0.15, 0.2) is 5.78 Å². The van der Waals surface area contributed by atoms with Crippen LogP contribution in [-0.2, 0) is 4.79 Å². The fourth-order valence-corrected chi connectivity index (χ4v) is 3.70. The lowest BCUT2D eigenvalue weighted by Gasteiger charge is -2.07. The van der Waals surface area contributed by atoms with Crippen molar-refractivity contribution in [2.24, 2.45) is 0 Å². The predicted molar refractivity (Wildman–Crippen MR) is 111 cm³/mol. The standard InChI is InChI=1S/C20H21Cl2NO2S/c1-2-3-4-5-20(25)23-16-9-6-14(7-10-16)18(24)13-26-19-12-15(21)8-11-17(19)22/h6-12H,2-5,13H2,1H3,(H,23,25). The third kappa shape index (κ3) is 6.67. The zero-order valence-corrected chi connectivity index (χ0v) is 16.9. The second-order valence-electron chi connectivity index (χ2n) is 5.87. The highest BCUT2D eigenvalue weighted by atomic mass is 35.5. The fourth-order valence-electron chi connectivity index (χ4n) is 2.31. The number of hydrogen-bond donors (Lipinski definition) is 1. The molecule has 0 radical (unpaired) electrons. The van der Waals surface area contributed by atoms with Crippen LogP contribution in [0.2, 0.25) is 10.0 Å². The van der Waals surface area contributed by atoms with Crippen molar-refractivity contribution in [2.75, 3.05) is 11.1 Å². The van der Waals surface area contributed by atoms with Crippen LogP contribution in [0.5, 0.6) is 0 Å². The summed E-state index contributed by atoms with van der Waals surface area (Å²) in [5, 5.41) is 4.01. The summed E-state index contributed by atoms with van der Waals surface area (Å²) in [5.41, 5.74) is 1.30. The molecule has 2 aromatic carbocycles. The van der Waals surface area contributed by atoms with Crippen molar-refractivity contribution in [2.45, 2.75) is 37.5 Å². The third-order valence-corrected chi connectivity index (χ3v) is 5.48. The zero-order chi connectivity index (χ0) is 18.9. The summed E-state index contributed by atoms with van der Waals surface area (Å²) < 4.78 is 0. The molecule has 0 bridgehead atoms. The quantitative estimate of drug-likeness (QED) is 0.292. The van der Waals surface area contributed by atoms with Crippen LogP contribution in [0.1, 0.15) is 43.0 Å². The molecule has 26 heavy (non-hydrogen) atoms. The van der Waals surface area contributed by atoms with Crippen molar-refractivity contribution >= 4 is 52.3 Å². The van der Waals surface area contributed by atoms with Crippen LogP contribution in [0, 0.1) is 0 Å². The Morgan fingerprint density at radius 2 is 1.77 bits per heavy atom.